The highest BCUT2D eigenvalue weighted by atomic mass is 16.5. The smallest absolute Gasteiger partial charge is 0.217 e. The Labute approximate surface area is 175 Å². The van der Waals surface area contributed by atoms with Crippen molar-refractivity contribution >= 4 is 0 Å². The van der Waals surface area contributed by atoms with Gasteiger partial charge in [-0.05, 0) is 37.1 Å². The van der Waals surface area contributed by atoms with E-state index in [0.29, 0.717) is 34.4 Å². The quantitative estimate of drug-likeness (QED) is 0.648. The zero-order chi connectivity index (χ0) is 21.1. The van der Waals surface area contributed by atoms with E-state index in [1.165, 1.54) is 12.8 Å². The molecule has 3 aromatic rings. The predicted molar refractivity (Wildman–Crippen MR) is 113 cm³/mol. The van der Waals surface area contributed by atoms with Gasteiger partial charge in [0.15, 0.2) is 0 Å². The Morgan fingerprint density at radius 2 is 2.07 bits per heavy atom. The summed E-state index contributed by atoms with van der Waals surface area (Å²) in [4.78, 5) is 4.47. The highest BCUT2D eigenvalue weighted by Gasteiger charge is 2.22. The Kier molecular flexibility index (Phi) is 5.79. The third kappa shape index (κ3) is 4.06. The molecular formula is C23H25N5O2. The summed E-state index contributed by atoms with van der Waals surface area (Å²) >= 11 is 0. The summed E-state index contributed by atoms with van der Waals surface area (Å²) in [5.74, 6) is 1.65. The number of ether oxygens (including phenoxy) is 1. The predicted octanol–water partition coefficient (Wildman–Crippen LogP) is 3.80. The lowest BCUT2D eigenvalue weighted by molar-refractivity contribution is 0.186. The Morgan fingerprint density at radius 3 is 2.73 bits per heavy atom. The molecule has 1 aromatic carbocycles. The van der Waals surface area contributed by atoms with E-state index in [4.69, 9.17) is 10.5 Å². The third-order valence-electron chi connectivity index (χ3n) is 5.62. The van der Waals surface area contributed by atoms with Gasteiger partial charge in [-0.2, -0.15) is 10.4 Å². The van der Waals surface area contributed by atoms with Crippen molar-refractivity contribution in [3.63, 3.8) is 0 Å². The fourth-order valence-electron chi connectivity index (χ4n) is 3.89. The molecule has 0 unspecified atom stereocenters. The van der Waals surface area contributed by atoms with Gasteiger partial charge in [-0.1, -0.05) is 18.9 Å². The Bertz CT molecular complexity index is 1060. The van der Waals surface area contributed by atoms with Crippen LogP contribution in [0.25, 0.3) is 11.3 Å². The maximum absolute atomic E-state index is 9.90. The van der Waals surface area contributed by atoms with Crippen LogP contribution in [0, 0.1) is 11.3 Å². The van der Waals surface area contributed by atoms with Crippen LogP contribution in [-0.2, 0) is 7.05 Å². The number of aliphatic hydroxyl groups excluding tert-OH is 1. The molecule has 1 fully saturated rings. The van der Waals surface area contributed by atoms with E-state index in [1.807, 2.05) is 25.2 Å². The van der Waals surface area contributed by atoms with Crippen molar-refractivity contribution in [1.29, 1.82) is 5.26 Å². The second-order valence-corrected chi connectivity index (χ2v) is 7.67. The molecule has 7 heteroatoms. The summed E-state index contributed by atoms with van der Waals surface area (Å²) in [6.45, 7) is 0.135. The van der Waals surface area contributed by atoms with E-state index in [9.17, 15) is 10.4 Å². The van der Waals surface area contributed by atoms with Crippen LogP contribution in [0.4, 0.5) is 0 Å². The number of rotatable bonds is 6. The Hall–Kier alpha value is -3.21. The number of nitriles is 1. The summed E-state index contributed by atoms with van der Waals surface area (Å²) in [5.41, 5.74) is 9.17. The number of nitrogens with zero attached hydrogens (tertiary/aromatic N) is 4. The minimum Gasteiger partial charge on any atom is -0.439 e. The Morgan fingerprint density at radius 1 is 1.27 bits per heavy atom. The topological polar surface area (TPSA) is 110 Å². The summed E-state index contributed by atoms with van der Waals surface area (Å²) in [6.07, 6.45) is 5.68. The molecule has 2 heterocycles. The van der Waals surface area contributed by atoms with Gasteiger partial charge in [0.05, 0.1) is 29.1 Å². The molecule has 1 saturated carbocycles. The molecule has 1 atom stereocenters. The molecule has 2 aromatic heterocycles. The number of pyridine rings is 1. The lowest BCUT2D eigenvalue weighted by Gasteiger charge is -2.12. The number of nitrogens with two attached hydrogens (primary N) is 1. The number of aromatic nitrogens is 3. The van der Waals surface area contributed by atoms with Gasteiger partial charge in [0.25, 0.3) is 0 Å². The van der Waals surface area contributed by atoms with Gasteiger partial charge in [-0.3, -0.25) is 4.98 Å². The normalized spacial score (nSPS) is 15.1. The van der Waals surface area contributed by atoms with Crippen molar-refractivity contribution in [3.8, 4) is 29.0 Å². The van der Waals surface area contributed by atoms with E-state index in [0.717, 1.165) is 24.1 Å². The van der Waals surface area contributed by atoms with E-state index in [2.05, 4.69) is 16.2 Å². The minimum atomic E-state index is -0.744. The van der Waals surface area contributed by atoms with E-state index < -0.39 is 6.10 Å². The standard InChI is InChI=1S/C23H25N5O2/c1-28-23(11-20(27-28)16-4-2-3-5-16)30-22-10-15(12-24)6-8-18(22)19-9-7-17(14-26-19)21(29)13-25/h6-11,14,16,21,29H,2-5,13,25H2,1H3/t21-/m1/s1. The van der Waals surface area contributed by atoms with Gasteiger partial charge in [0.2, 0.25) is 5.88 Å². The van der Waals surface area contributed by atoms with Gasteiger partial charge >= 0.3 is 0 Å². The van der Waals surface area contributed by atoms with Crippen molar-refractivity contribution in [3.05, 3.63) is 59.4 Å². The number of hydrogen-bond donors (Lipinski definition) is 2. The first-order valence-electron chi connectivity index (χ1n) is 10.2. The summed E-state index contributed by atoms with van der Waals surface area (Å²) < 4.78 is 7.96. The molecule has 0 spiro atoms. The zero-order valence-electron chi connectivity index (χ0n) is 17.0. The van der Waals surface area contributed by atoms with Crippen molar-refractivity contribution in [2.24, 2.45) is 12.8 Å². The average molecular weight is 403 g/mol. The van der Waals surface area contributed by atoms with E-state index >= 15 is 0 Å². The van der Waals surface area contributed by atoms with Crippen molar-refractivity contribution in [2.75, 3.05) is 6.54 Å². The molecule has 3 N–H and O–H groups in total. The van der Waals surface area contributed by atoms with Crippen molar-refractivity contribution in [2.45, 2.75) is 37.7 Å². The lowest BCUT2D eigenvalue weighted by Crippen LogP contribution is -2.11. The summed E-state index contributed by atoms with van der Waals surface area (Å²) in [6, 6.07) is 13.0. The molecular weight excluding hydrogens is 378 g/mol. The monoisotopic (exact) mass is 403 g/mol. The fourth-order valence-corrected chi connectivity index (χ4v) is 3.89. The van der Waals surface area contributed by atoms with Crippen LogP contribution < -0.4 is 10.5 Å². The van der Waals surface area contributed by atoms with Gasteiger partial charge in [-0.15, -0.1) is 0 Å². The molecule has 0 aliphatic heterocycles. The lowest BCUT2D eigenvalue weighted by atomic mass is 10.0. The number of benzene rings is 1. The largest absolute Gasteiger partial charge is 0.439 e. The van der Waals surface area contributed by atoms with Gasteiger partial charge in [0, 0.05) is 42.9 Å². The molecule has 0 saturated heterocycles. The van der Waals surface area contributed by atoms with E-state index in [-0.39, 0.29) is 6.54 Å². The van der Waals surface area contributed by atoms with Crippen molar-refractivity contribution < 1.29 is 9.84 Å². The van der Waals surface area contributed by atoms with Crippen LogP contribution in [0.1, 0.15) is 54.5 Å². The first-order chi connectivity index (χ1) is 14.6. The molecule has 4 rings (SSSR count). The van der Waals surface area contributed by atoms with E-state index in [1.54, 1.807) is 29.1 Å². The second-order valence-electron chi connectivity index (χ2n) is 7.67. The third-order valence-corrected chi connectivity index (χ3v) is 5.62. The second kappa shape index (κ2) is 8.66. The molecule has 154 valence electrons. The highest BCUT2D eigenvalue weighted by Crippen LogP contribution is 2.37. The number of hydrogen-bond acceptors (Lipinski definition) is 6. The molecule has 0 bridgehead atoms. The summed E-state index contributed by atoms with van der Waals surface area (Å²) in [5, 5.41) is 23.9. The molecule has 30 heavy (non-hydrogen) atoms. The van der Waals surface area contributed by atoms with Crippen molar-refractivity contribution in [1.82, 2.24) is 14.8 Å². The van der Waals surface area contributed by atoms with Crippen LogP contribution in [0.5, 0.6) is 11.6 Å². The summed E-state index contributed by atoms with van der Waals surface area (Å²) in [7, 11) is 1.86. The number of aliphatic hydroxyl groups is 1. The molecule has 0 radical (unpaired) electrons. The minimum absolute atomic E-state index is 0.135. The molecule has 0 amide bonds. The molecule has 1 aliphatic rings. The molecule has 1 aliphatic carbocycles. The average Bonchev–Trinajstić information content (AvgIpc) is 3.43. The Balaban J connectivity index is 1.67. The number of aryl methyl sites for hydroxylation is 1. The molecule has 7 nitrogen and oxygen atoms in total. The van der Waals surface area contributed by atoms with Crippen LogP contribution >= 0.6 is 0 Å². The highest BCUT2D eigenvalue weighted by molar-refractivity contribution is 5.69. The first-order valence-corrected chi connectivity index (χ1v) is 10.2. The SMILES string of the molecule is Cn1nc(C2CCCC2)cc1Oc1cc(C#N)ccc1-c1ccc([C@H](O)CN)cn1. The van der Waals surface area contributed by atoms with Gasteiger partial charge < -0.3 is 15.6 Å². The maximum atomic E-state index is 9.90. The van der Waals surface area contributed by atoms with Gasteiger partial charge in [-0.25, -0.2) is 4.68 Å². The first kappa shape index (κ1) is 20.1. The van der Waals surface area contributed by atoms with Gasteiger partial charge in [0.1, 0.15) is 5.75 Å². The van der Waals surface area contributed by atoms with Crippen LogP contribution in [-0.4, -0.2) is 26.4 Å². The maximum Gasteiger partial charge on any atom is 0.217 e. The fraction of sp³-hybridized carbons (Fsp3) is 0.348. The van der Waals surface area contributed by atoms with Crippen LogP contribution in [0.3, 0.4) is 0 Å². The zero-order valence-corrected chi connectivity index (χ0v) is 17.0. The van der Waals surface area contributed by atoms with Crippen LogP contribution in [0.15, 0.2) is 42.6 Å². The van der Waals surface area contributed by atoms with Crippen LogP contribution in [0.2, 0.25) is 0 Å².